The van der Waals surface area contributed by atoms with Crippen molar-refractivity contribution >= 4 is 43.3 Å². The molecule has 0 aromatic carbocycles. The lowest BCUT2D eigenvalue weighted by molar-refractivity contribution is 0.660. The second kappa shape index (κ2) is 5.10. The zero-order valence-electron chi connectivity index (χ0n) is 7.30. The average Bonchev–Trinajstić information content (AvgIpc) is 2.28. The summed E-state index contributed by atoms with van der Waals surface area (Å²) in [4.78, 5) is 5.73. The van der Waals surface area contributed by atoms with Gasteiger partial charge in [-0.1, -0.05) is 0 Å². The van der Waals surface area contributed by atoms with Crippen molar-refractivity contribution < 1.29 is 8.78 Å². The zero-order valence-corrected chi connectivity index (χ0v) is 10.5. The van der Waals surface area contributed by atoms with Crippen molar-refractivity contribution in [2.24, 2.45) is 10.1 Å². The van der Waals surface area contributed by atoms with E-state index < -0.39 is 23.1 Å². The highest BCUT2D eigenvalue weighted by Gasteiger charge is 2.32. The fraction of sp³-hybridized carbons (Fsp3) is 0. The van der Waals surface area contributed by atoms with E-state index in [1.165, 1.54) is 6.19 Å². The molecule has 1 aliphatic carbocycles. The molecule has 1 aliphatic rings. The number of rotatable bonds is 0. The molecule has 0 aromatic heterocycles. The number of aliphatic imine (C=N–C) groups is 1. The van der Waals surface area contributed by atoms with Gasteiger partial charge in [0.05, 0.1) is 14.1 Å². The maximum absolute atomic E-state index is 13.6. The van der Waals surface area contributed by atoms with Crippen LogP contribution in [0.25, 0.3) is 4.95 Å². The van der Waals surface area contributed by atoms with Gasteiger partial charge < -0.3 is 0 Å². The second-order valence-electron chi connectivity index (χ2n) is 2.36. The first-order chi connectivity index (χ1) is 7.54. The van der Waals surface area contributed by atoms with E-state index in [2.05, 4.69) is 46.9 Å². The summed E-state index contributed by atoms with van der Waals surface area (Å²) < 4.78 is 26.4. The molecule has 0 amide bonds. The summed E-state index contributed by atoms with van der Waals surface area (Å²) in [7, 11) is 0. The summed E-state index contributed by atoms with van der Waals surface area (Å²) in [6.45, 7) is 6.47. The molecule has 0 unspecified atom stereocenters. The van der Waals surface area contributed by atoms with Gasteiger partial charge in [0, 0.05) is 0 Å². The number of hydrogen-bond acceptors (Lipinski definition) is 3. The molecule has 0 aliphatic heterocycles. The van der Waals surface area contributed by atoms with Crippen LogP contribution in [-0.2, 0) is 0 Å². The van der Waals surface area contributed by atoms with Crippen molar-refractivity contribution in [1.82, 2.24) is 0 Å². The molecule has 0 N–H and O–H groups in total. The number of nitriles is 1. The first-order valence-electron chi connectivity index (χ1n) is 3.57. The standard InChI is InChI=1S/C8Br2F2N4/c1-14-16-8-4(10)5(11)7(15-2-13)3(9)6(8)12/b15-7?,16-8-. The van der Waals surface area contributed by atoms with E-state index in [0.717, 1.165) is 0 Å². The zero-order chi connectivity index (χ0) is 12.3. The van der Waals surface area contributed by atoms with Gasteiger partial charge in [0.1, 0.15) is 5.71 Å². The van der Waals surface area contributed by atoms with Crippen molar-refractivity contribution in [3.8, 4) is 6.19 Å². The Morgan fingerprint density at radius 1 is 1.19 bits per heavy atom. The Morgan fingerprint density at radius 2 is 1.69 bits per heavy atom. The van der Waals surface area contributed by atoms with Gasteiger partial charge in [-0.15, -0.1) is 4.95 Å². The van der Waals surface area contributed by atoms with Gasteiger partial charge in [-0.3, -0.25) is 0 Å². The Labute approximate surface area is 106 Å². The van der Waals surface area contributed by atoms with Crippen molar-refractivity contribution in [2.45, 2.75) is 0 Å². The van der Waals surface area contributed by atoms with E-state index in [0.29, 0.717) is 0 Å². The van der Waals surface area contributed by atoms with Gasteiger partial charge in [-0.25, -0.2) is 8.78 Å². The summed E-state index contributed by atoms with van der Waals surface area (Å²) in [6, 6.07) is 0. The average molecular weight is 350 g/mol. The molecule has 0 atom stereocenters. The fourth-order valence-corrected chi connectivity index (χ4v) is 1.79. The molecular weight excluding hydrogens is 350 g/mol. The second-order valence-corrected chi connectivity index (χ2v) is 3.95. The van der Waals surface area contributed by atoms with Crippen molar-refractivity contribution in [3.05, 3.63) is 32.1 Å². The Balaban J connectivity index is 3.52. The minimum atomic E-state index is -0.961. The monoisotopic (exact) mass is 348 g/mol. The predicted molar refractivity (Wildman–Crippen MR) is 61.2 cm³/mol. The largest absolute Gasteiger partial charge is 0.206 e. The lowest BCUT2D eigenvalue weighted by Crippen LogP contribution is -2.15. The third-order valence-electron chi connectivity index (χ3n) is 1.53. The predicted octanol–water partition coefficient (Wildman–Crippen LogP) is 3.35. The molecule has 0 spiro atoms. The van der Waals surface area contributed by atoms with Gasteiger partial charge >= 0.3 is 0 Å². The first kappa shape index (κ1) is 12.7. The third kappa shape index (κ3) is 2.08. The van der Waals surface area contributed by atoms with Crippen LogP contribution in [-0.4, -0.2) is 11.4 Å². The number of allylic oxidation sites excluding steroid dienone is 4. The van der Waals surface area contributed by atoms with Gasteiger partial charge in [0.25, 0.3) is 0 Å². The maximum Gasteiger partial charge on any atom is 0.206 e. The van der Waals surface area contributed by atoms with Gasteiger partial charge in [0.15, 0.2) is 17.4 Å². The Kier molecular flexibility index (Phi) is 4.05. The molecule has 0 bridgehead atoms. The highest BCUT2D eigenvalue weighted by Crippen LogP contribution is 2.34. The van der Waals surface area contributed by atoms with Crippen molar-refractivity contribution in [1.29, 1.82) is 5.26 Å². The molecule has 0 saturated carbocycles. The topological polar surface area (TPSA) is 52.9 Å². The van der Waals surface area contributed by atoms with Crippen LogP contribution in [0.3, 0.4) is 0 Å². The van der Waals surface area contributed by atoms with Gasteiger partial charge in [0.2, 0.25) is 6.19 Å². The summed E-state index contributed by atoms with van der Waals surface area (Å²) >= 11 is 5.49. The molecule has 0 heterocycles. The molecule has 80 valence electrons. The minimum Gasteiger partial charge on any atom is -0.203 e. The van der Waals surface area contributed by atoms with Crippen LogP contribution in [0, 0.1) is 18.0 Å². The number of hydrogen-bond donors (Lipinski definition) is 0. The van der Waals surface area contributed by atoms with E-state index in [1.807, 2.05) is 0 Å². The Bertz CT molecular complexity index is 467. The smallest absolute Gasteiger partial charge is 0.203 e. The van der Waals surface area contributed by atoms with Crippen LogP contribution in [0.4, 0.5) is 8.78 Å². The lowest BCUT2D eigenvalue weighted by atomic mass is 10.1. The van der Waals surface area contributed by atoms with E-state index in [9.17, 15) is 8.78 Å². The van der Waals surface area contributed by atoms with Crippen molar-refractivity contribution in [2.75, 3.05) is 0 Å². The van der Waals surface area contributed by atoms with Crippen LogP contribution < -0.4 is 0 Å². The van der Waals surface area contributed by atoms with E-state index >= 15 is 0 Å². The molecule has 0 radical (unpaired) electrons. The van der Waals surface area contributed by atoms with Crippen LogP contribution in [0.2, 0.25) is 0 Å². The van der Waals surface area contributed by atoms with Gasteiger partial charge in [-0.05, 0) is 31.9 Å². The highest BCUT2D eigenvalue weighted by molar-refractivity contribution is 9.12. The summed E-state index contributed by atoms with van der Waals surface area (Å²) in [6.07, 6.45) is 1.35. The van der Waals surface area contributed by atoms with Crippen LogP contribution >= 0.6 is 31.9 Å². The molecule has 0 saturated heterocycles. The maximum atomic E-state index is 13.6. The van der Waals surface area contributed by atoms with Crippen LogP contribution in [0.15, 0.2) is 30.7 Å². The third-order valence-corrected chi connectivity index (χ3v) is 2.98. The fourth-order valence-electron chi connectivity index (χ4n) is 0.894. The Morgan fingerprint density at radius 3 is 2.19 bits per heavy atom. The van der Waals surface area contributed by atoms with Gasteiger partial charge in [-0.2, -0.15) is 16.8 Å². The first-order valence-corrected chi connectivity index (χ1v) is 5.16. The number of halogens is 4. The van der Waals surface area contributed by atoms with Crippen LogP contribution in [0.1, 0.15) is 0 Å². The lowest BCUT2D eigenvalue weighted by Gasteiger charge is -2.11. The Hall–Kier alpha value is -1.38. The normalized spacial score (nSPS) is 21.4. The summed E-state index contributed by atoms with van der Waals surface area (Å²) in [5.41, 5.74) is -0.952. The molecule has 1 rings (SSSR count). The molecule has 0 fully saturated rings. The quantitative estimate of drug-likeness (QED) is 0.286. The number of nitrogens with zero attached hydrogens (tertiary/aromatic N) is 4. The molecule has 8 heteroatoms. The minimum absolute atomic E-state index is 0.349. The summed E-state index contributed by atoms with van der Waals surface area (Å²) in [5.74, 6) is -1.92. The molecule has 16 heavy (non-hydrogen) atoms. The highest BCUT2D eigenvalue weighted by atomic mass is 79.9. The van der Waals surface area contributed by atoms with E-state index in [-0.39, 0.29) is 8.96 Å². The van der Waals surface area contributed by atoms with Crippen molar-refractivity contribution in [3.63, 3.8) is 0 Å². The SMILES string of the molecule is [C-]#[N+]/N=C1\C(F)=C(Br)C(=NC#N)C(F)=C1Br. The van der Waals surface area contributed by atoms with E-state index in [4.69, 9.17) is 11.8 Å². The molecule has 0 aromatic rings. The van der Waals surface area contributed by atoms with E-state index in [1.54, 1.807) is 0 Å². The molecule has 4 nitrogen and oxygen atoms in total. The van der Waals surface area contributed by atoms with Crippen LogP contribution in [0.5, 0.6) is 0 Å². The summed E-state index contributed by atoms with van der Waals surface area (Å²) in [5, 5.41) is 11.4. The molecular formula is C8Br2F2N4.